The molecule has 6 rings (SSSR count). The predicted octanol–water partition coefficient (Wildman–Crippen LogP) is 2.64. The van der Waals surface area contributed by atoms with Gasteiger partial charge in [-0.1, -0.05) is 0 Å². The molecule has 2 heteroatoms. The van der Waals surface area contributed by atoms with E-state index in [1.54, 1.807) is 32.1 Å². The van der Waals surface area contributed by atoms with Gasteiger partial charge in [-0.25, -0.2) is 0 Å². The third-order valence-corrected chi connectivity index (χ3v) is 6.94. The largest absolute Gasteiger partial charge is 0.309 e. The molecule has 1 saturated heterocycles. The van der Waals surface area contributed by atoms with Gasteiger partial charge in [0.2, 0.25) is 0 Å². The van der Waals surface area contributed by atoms with Gasteiger partial charge >= 0.3 is 0 Å². The first-order valence-electron chi connectivity index (χ1n) is 8.85. The number of rotatable bonds is 3. The van der Waals surface area contributed by atoms with Gasteiger partial charge in [-0.15, -0.1) is 0 Å². The minimum absolute atomic E-state index is 0.822. The van der Waals surface area contributed by atoms with Gasteiger partial charge in [-0.05, 0) is 75.0 Å². The highest BCUT2D eigenvalue weighted by Gasteiger charge is 2.49. The Kier molecular flexibility index (Phi) is 2.56. The summed E-state index contributed by atoms with van der Waals surface area (Å²) < 4.78 is 0. The fourth-order valence-corrected chi connectivity index (χ4v) is 6.16. The summed E-state index contributed by atoms with van der Waals surface area (Å²) >= 11 is 0. The molecule has 19 heavy (non-hydrogen) atoms. The summed E-state index contributed by atoms with van der Waals surface area (Å²) in [6.07, 6.45) is 12.2. The molecule has 2 nitrogen and oxygen atoms in total. The molecule has 1 unspecified atom stereocenters. The van der Waals surface area contributed by atoms with Crippen LogP contribution in [0.4, 0.5) is 0 Å². The molecule has 1 N–H and O–H groups in total. The maximum absolute atomic E-state index is 4.13. The molecule has 6 aliphatic rings. The second-order valence-corrected chi connectivity index (χ2v) is 8.33. The summed E-state index contributed by atoms with van der Waals surface area (Å²) in [7, 11) is 0. The van der Waals surface area contributed by atoms with Crippen molar-refractivity contribution in [2.24, 2.45) is 23.7 Å². The predicted molar refractivity (Wildman–Crippen MR) is 77.0 cm³/mol. The minimum atomic E-state index is 0.822. The molecule has 0 radical (unpaired) electrons. The van der Waals surface area contributed by atoms with Crippen LogP contribution < -0.4 is 5.32 Å². The number of nitrogens with one attached hydrogen (secondary N) is 1. The fraction of sp³-hybridized carbons (Fsp3) is 1.00. The van der Waals surface area contributed by atoms with Crippen LogP contribution in [0, 0.1) is 23.7 Å². The minimum Gasteiger partial charge on any atom is -0.309 e. The van der Waals surface area contributed by atoms with Crippen LogP contribution in [0.5, 0.6) is 0 Å². The van der Waals surface area contributed by atoms with E-state index in [-0.39, 0.29) is 0 Å². The van der Waals surface area contributed by atoms with Crippen LogP contribution in [-0.4, -0.2) is 36.1 Å². The topological polar surface area (TPSA) is 15.3 Å². The Labute approximate surface area is 117 Å². The molecule has 0 aromatic heterocycles. The quantitative estimate of drug-likeness (QED) is 0.839. The van der Waals surface area contributed by atoms with E-state index in [0.29, 0.717) is 0 Å². The SMILES string of the molecule is C1C2CC3CC1CC(C2)C3NC1CCN(C2CC2)C1. The zero-order chi connectivity index (χ0) is 12.4. The summed E-state index contributed by atoms with van der Waals surface area (Å²) in [4.78, 5) is 2.76. The Morgan fingerprint density at radius 1 is 0.789 bits per heavy atom. The Hall–Kier alpha value is -0.0800. The molecule has 0 amide bonds. The van der Waals surface area contributed by atoms with E-state index in [4.69, 9.17) is 0 Å². The third-order valence-electron chi connectivity index (χ3n) is 6.94. The van der Waals surface area contributed by atoms with E-state index in [1.165, 1.54) is 32.4 Å². The van der Waals surface area contributed by atoms with E-state index >= 15 is 0 Å². The van der Waals surface area contributed by atoms with Gasteiger partial charge < -0.3 is 5.32 Å². The number of hydrogen-bond acceptors (Lipinski definition) is 2. The van der Waals surface area contributed by atoms with Crippen LogP contribution in [0.2, 0.25) is 0 Å². The lowest BCUT2D eigenvalue weighted by Gasteiger charge is -2.55. The van der Waals surface area contributed by atoms with E-state index in [1.807, 2.05) is 0 Å². The Morgan fingerprint density at radius 3 is 2.11 bits per heavy atom. The second-order valence-electron chi connectivity index (χ2n) is 8.33. The van der Waals surface area contributed by atoms with Crippen molar-refractivity contribution in [2.45, 2.75) is 69.5 Å². The highest BCUT2D eigenvalue weighted by Crippen LogP contribution is 2.53. The standard InChI is InChI=1S/C17H28N2/c1-2-16(1)19-4-3-15(10-19)18-17-13-6-11-5-12(8-13)9-14(17)7-11/h11-18H,1-10H2. The average Bonchev–Trinajstić information content (AvgIpc) is 3.13. The smallest absolute Gasteiger partial charge is 0.0210 e. The lowest BCUT2D eigenvalue weighted by molar-refractivity contribution is -0.0173. The molecule has 1 atom stereocenters. The van der Waals surface area contributed by atoms with E-state index in [0.717, 1.165) is 41.8 Å². The van der Waals surface area contributed by atoms with Crippen molar-refractivity contribution in [2.75, 3.05) is 13.1 Å². The fourth-order valence-electron chi connectivity index (χ4n) is 6.16. The van der Waals surface area contributed by atoms with Gasteiger partial charge in [0, 0.05) is 31.2 Å². The van der Waals surface area contributed by atoms with Crippen LogP contribution in [0.25, 0.3) is 0 Å². The lowest BCUT2D eigenvalue weighted by Crippen LogP contribution is -2.57. The Morgan fingerprint density at radius 2 is 1.47 bits per heavy atom. The van der Waals surface area contributed by atoms with Crippen molar-refractivity contribution >= 4 is 0 Å². The van der Waals surface area contributed by atoms with Gasteiger partial charge in [0.25, 0.3) is 0 Å². The summed E-state index contributed by atoms with van der Waals surface area (Å²) in [6, 6.07) is 2.70. The van der Waals surface area contributed by atoms with E-state index in [2.05, 4.69) is 10.2 Å². The van der Waals surface area contributed by atoms with Gasteiger partial charge in [0.1, 0.15) is 0 Å². The molecular weight excluding hydrogens is 232 g/mol. The molecular formula is C17H28N2. The third kappa shape index (κ3) is 1.98. The molecule has 0 spiro atoms. The molecule has 5 saturated carbocycles. The number of nitrogens with zero attached hydrogens (tertiary/aromatic N) is 1. The maximum Gasteiger partial charge on any atom is 0.0210 e. The van der Waals surface area contributed by atoms with Crippen molar-refractivity contribution in [1.82, 2.24) is 10.2 Å². The number of hydrogen-bond donors (Lipinski definition) is 1. The summed E-state index contributed by atoms with van der Waals surface area (Å²) in [6.45, 7) is 2.73. The van der Waals surface area contributed by atoms with Gasteiger partial charge in [0.05, 0.1) is 0 Å². The summed E-state index contributed by atoms with van der Waals surface area (Å²) in [5.41, 5.74) is 0. The van der Waals surface area contributed by atoms with E-state index < -0.39 is 0 Å². The molecule has 0 aromatic carbocycles. The molecule has 4 bridgehead atoms. The summed E-state index contributed by atoms with van der Waals surface area (Å²) in [5.74, 6) is 4.33. The lowest BCUT2D eigenvalue weighted by atomic mass is 9.54. The second kappa shape index (κ2) is 4.21. The first-order chi connectivity index (χ1) is 9.35. The average molecular weight is 260 g/mol. The Bertz CT molecular complexity index is 334. The highest BCUT2D eigenvalue weighted by molar-refractivity contribution is 5.03. The van der Waals surface area contributed by atoms with Crippen molar-refractivity contribution in [1.29, 1.82) is 0 Å². The van der Waals surface area contributed by atoms with Crippen molar-refractivity contribution in [3.8, 4) is 0 Å². The van der Waals surface area contributed by atoms with Crippen molar-refractivity contribution in [3.05, 3.63) is 0 Å². The highest BCUT2D eigenvalue weighted by atomic mass is 15.2. The van der Waals surface area contributed by atoms with E-state index in [9.17, 15) is 0 Å². The molecule has 5 aliphatic carbocycles. The first-order valence-corrected chi connectivity index (χ1v) is 8.85. The van der Waals surface area contributed by atoms with Gasteiger partial charge in [0.15, 0.2) is 0 Å². The van der Waals surface area contributed by atoms with Crippen LogP contribution >= 0.6 is 0 Å². The van der Waals surface area contributed by atoms with Crippen LogP contribution in [0.1, 0.15) is 51.4 Å². The zero-order valence-electron chi connectivity index (χ0n) is 12.1. The Balaban J connectivity index is 1.24. The van der Waals surface area contributed by atoms with Crippen LogP contribution in [-0.2, 0) is 0 Å². The van der Waals surface area contributed by atoms with Crippen LogP contribution in [0.15, 0.2) is 0 Å². The monoisotopic (exact) mass is 260 g/mol. The maximum atomic E-state index is 4.13. The molecule has 1 aliphatic heterocycles. The molecule has 0 aromatic rings. The van der Waals surface area contributed by atoms with Gasteiger partial charge in [-0.2, -0.15) is 0 Å². The van der Waals surface area contributed by atoms with Gasteiger partial charge in [-0.3, -0.25) is 4.90 Å². The molecule has 6 fully saturated rings. The van der Waals surface area contributed by atoms with Crippen molar-refractivity contribution < 1.29 is 0 Å². The molecule has 106 valence electrons. The summed E-state index contributed by atoms with van der Waals surface area (Å²) in [5, 5.41) is 4.13. The zero-order valence-corrected chi connectivity index (χ0v) is 12.1. The molecule has 1 heterocycles. The van der Waals surface area contributed by atoms with Crippen LogP contribution in [0.3, 0.4) is 0 Å². The first kappa shape index (κ1) is 11.6. The number of likely N-dealkylation sites (tertiary alicyclic amines) is 1. The normalized spacial score (nSPS) is 53.1. The van der Waals surface area contributed by atoms with Crippen molar-refractivity contribution in [3.63, 3.8) is 0 Å².